The third-order valence-corrected chi connectivity index (χ3v) is 5.42. The van der Waals surface area contributed by atoms with Crippen LogP contribution in [0.15, 0.2) is 29.2 Å². The quantitative estimate of drug-likeness (QED) is 0.835. The highest BCUT2D eigenvalue weighted by molar-refractivity contribution is 7.89. The Morgan fingerprint density at radius 3 is 2.35 bits per heavy atom. The zero-order valence-electron chi connectivity index (χ0n) is 11.9. The van der Waals surface area contributed by atoms with Crippen molar-refractivity contribution in [3.63, 3.8) is 0 Å². The Bertz CT molecular complexity index is 543. The van der Waals surface area contributed by atoms with Gasteiger partial charge >= 0.3 is 0 Å². The zero-order chi connectivity index (χ0) is 14.8. The molecule has 0 radical (unpaired) electrons. The van der Waals surface area contributed by atoms with Crippen LogP contribution in [0.3, 0.4) is 0 Å². The van der Waals surface area contributed by atoms with Crippen molar-refractivity contribution in [3.05, 3.63) is 29.8 Å². The lowest BCUT2D eigenvalue weighted by Gasteiger charge is -2.40. The van der Waals surface area contributed by atoms with Gasteiger partial charge in [-0.2, -0.15) is 0 Å². The first kappa shape index (κ1) is 15.4. The SMILES string of the molecule is COC1(CNS(=O)(=O)c2ccc(C(C)N)cc2)CCC1. The van der Waals surface area contributed by atoms with Crippen LogP contribution < -0.4 is 10.5 Å². The summed E-state index contributed by atoms with van der Waals surface area (Å²) in [7, 11) is -1.86. The number of nitrogens with one attached hydrogen (secondary N) is 1. The molecule has 0 aliphatic heterocycles. The summed E-state index contributed by atoms with van der Waals surface area (Å²) in [5.41, 5.74) is 6.34. The van der Waals surface area contributed by atoms with Gasteiger partial charge in [-0.05, 0) is 43.9 Å². The van der Waals surface area contributed by atoms with E-state index in [0.29, 0.717) is 6.54 Å². The van der Waals surface area contributed by atoms with Crippen molar-refractivity contribution < 1.29 is 13.2 Å². The van der Waals surface area contributed by atoms with E-state index in [4.69, 9.17) is 10.5 Å². The zero-order valence-corrected chi connectivity index (χ0v) is 12.7. The highest BCUT2D eigenvalue weighted by Crippen LogP contribution is 2.34. The van der Waals surface area contributed by atoms with Crippen LogP contribution in [0.5, 0.6) is 0 Å². The molecule has 1 saturated carbocycles. The van der Waals surface area contributed by atoms with Crippen molar-refractivity contribution in [1.29, 1.82) is 0 Å². The number of nitrogens with two attached hydrogens (primary N) is 1. The second-order valence-corrected chi connectivity index (χ2v) is 7.19. The Balaban J connectivity index is 2.06. The van der Waals surface area contributed by atoms with E-state index in [9.17, 15) is 8.42 Å². The van der Waals surface area contributed by atoms with E-state index in [1.807, 2.05) is 6.92 Å². The summed E-state index contributed by atoms with van der Waals surface area (Å²) in [5, 5.41) is 0. The molecule has 5 nitrogen and oxygen atoms in total. The van der Waals surface area contributed by atoms with Gasteiger partial charge in [0.2, 0.25) is 10.0 Å². The fourth-order valence-corrected chi connectivity index (χ4v) is 3.40. The fraction of sp³-hybridized carbons (Fsp3) is 0.571. The molecule has 0 bridgehead atoms. The first-order valence-corrected chi connectivity index (χ1v) is 8.27. The molecule has 1 aliphatic rings. The normalized spacial score (nSPS) is 19.4. The van der Waals surface area contributed by atoms with E-state index in [1.54, 1.807) is 31.4 Å². The van der Waals surface area contributed by atoms with Gasteiger partial charge in [-0.25, -0.2) is 13.1 Å². The van der Waals surface area contributed by atoms with E-state index in [-0.39, 0.29) is 16.5 Å². The molecule has 1 aromatic rings. The fourth-order valence-electron chi connectivity index (χ4n) is 2.28. The molecular weight excluding hydrogens is 276 g/mol. The van der Waals surface area contributed by atoms with Crippen molar-refractivity contribution >= 4 is 10.0 Å². The van der Waals surface area contributed by atoms with Crippen LogP contribution in [0.4, 0.5) is 0 Å². The number of hydrogen-bond acceptors (Lipinski definition) is 4. The van der Waals surface area contributed by atoms with Gasteiger partial charge in [0.05, 0.1) is 10.5 Å². The number of methoxy groups -OCH3 is 1. The maximum absolute atomic E-state index is 12.2. The smallest absolute Gasteiger partial charge is 0.240 e. The summed E-state index contributed by atoms with van der Waals surface area (Å²) in [6.45, 7) is 2.18. The first-order valence-electron chi connectivity index (χ1n) is 6.79. The molecule has 0 amide bonds. The van der Waals surface area contributed by atoms with Gasteiger partial charge in [0.1, 0.15) is 0 Å². The Morgan fingerprint density at radius 1 is 1.35 bits per heavy atom. The van der Waals surface area contributed by atoms with Crippen LogP contribution in [0, 0.1) is 0 Å². The van der Waals surface area contributed by atoms with E-state index >= 15 is 0 Å². The number of sulfonamides is 1. The molecule has 3 N–H and O–H groups in total. The summed E-state index contributed by atoms with van der Waals surface area (Å²) in [6, 6.07) is 6.55. The number of hydrogen-bond donors (Lipinski definition) is 2. The Morgan fingerprint density at radius 2 is 1.95 bits per heavy atom. The molecule has 112 valence electrons. The molecule has 0 saturated heterocycles. The van der Waals surface area contributed by atoms with Gasteiger partial charge < -0.3 is 10.5 Å². The Kier molecular flexibility index (Phi) is 4.49. The second-order valence-electron chi connectivity index (χ2n) is 5.42. The van der Waals surface area contributed by atoms with Gasteiger partial charge in [-0.15, -0.1) is 0 Å². The molecule has 1 atom stereocenters. The largest absolute Gasteiger partial charge is 0.377 e. The monoisotopic (exact) mass is 298 g/mol. The predicted octanol–water partition coefficient (Wildman–Crippen LogP) is 1.55. The van der Waals surface area contributed by atoms with Gasteiger partial charge in [-0.3, -0.25) is 0 Å². The lowest BCUT2D eigenvalue weighted by atomic mass is 9.80. The molecule has 6 heteroatoms. The van der Waals surface area contributed by atoms with Crippen LogP contribution >= 0.6 is 0 Å². The Hall–Kier alpha value is -0.950. The third-order valence-electron chi connectivity index (χ3n) is 4.00. The average molecular weight is 298 g/mol. The minimum absolute atomic E-state index is 0.105. The number of benzene rings is 1. The summed E-state index contributed by atoms with van der Waals surface area (Å²) >= 11 is 0. The highest BCUT2D eigenvalue weighted by Gasteiger charge is 2.37. The second kappa shape index (κ2) is 5.81. The minimum Gasteiger partial charge on any atom is -0.377 e. The van der Waals surface area contributed by atoms with Gasteiger partial charge in [0, 0.05) is 19.7 Å². The minimum atomic E-state index is -3.49. The Labute approximate surface area is 120 Å². The maximum Gasteiger partial charge on any atom is 0.240 e. The molecule has 20 heavy (non-hydrogen) atoms. The van der Waals surface area contributed by atoms with E-state index < -0.39 is 10.0 Å². The molecule has 1 fully saturated rings. The van der Waals surface area contributed by atoms with E-state index in [2.05, 4.69) is 4.72 Å². The maximum atomic E-state index is 12.2. The van der Waals surface area contributed by atoms with Crippen molar-refractivity contribution in [1.82, 2.24) is 4.72 Å². The van der Waals surface area contributed by atoms with Gasteiger partial charge in [-0.1, -0.05) is 12.1 Å². The van der Waals surface area contributed by atoms with Crippen molar-refractivity contribution in [2.24, 2.45) is 5.73 Å². The summed E-state index contributed by atoms with van der Waals surface area (Å²) in [4.78, 5) is 0.257. The van der Waals surface area contributed by atoms with Crippen LogP contribution in [0.2, 0.25) is 0 Å². The molecule has 2 rings (SSSR count). The topological polar surface area (TPSA) is 81.4 Å². The van der Waals surface area contributed by atoms with Crippen molar-refractivity contribution in [3.8, 4) is 0 Å². The van der Waals surface area contributed by atoms with Gasteiger partial charge in [0.15, 0.2) is 0 Å². The first-order chi connectivity index (χ1) is 9.38. The lowest BCUT2D eigenvalue weighted by Crippen LogP contribution is -2.49. The van der Waals surface area contributed by atoms with Crippen LogP contribution in [0.1, 0.15) is 37.8 Å². The standard InChI is InChI=1S/C14H22N2O3S/c1-11(15)12-4-6-13(7-5-12)20(17,18)16-10-14(19-2)8-3-9-14/h4-7,11,16H,3,8-10,15H2,1-2H3. The summed E-state index contributed by atoms with van der Waals surface area (Å²) in [6.07, 6.45) is 2.88. The lowest BCUT2D eigenvalue weighted by molar-refractivity contribution is -0.0659. The molecule has 0 heterocycles. The highest BCUT2D eigenvalue weighted by atomic mass is 32.2. The molecule has 1 aromatic carbocycles. The third kappa shape index (κ3) is 3.20. The van der Waals surface area contributed by atoms with E-state index in [0.717, 1.165) is 24.8 Å². The predicted molar refractivity (Wildman–Crippen MR) is 77.8 cm³/mol. The molecule has 1 unspecified atom stereocenters. The van der Waals surface area contributed by atoms with Crippen LogP contribution in [-0.2, 0) is 14.8 Å². The number of rotatable bonds is 6. The van der Waals surface area contributed by atoms with Crippen molar-refractivity contribution in [2.75, 3.05) is 13.7 Å². The van der Waals surface area contributed by atoms with E-state index in [1.165, 1.54) is 0 Å². The molecule has 0 spiro atoms. The molecule has 1 aliphatic carbocycles. The average Bonchev–Trinajstić information content (AvgIpc) is 2.38. The molecule has 0 aromatic heterocycles. The van der Waals surface area contributed by atoms with Crippen molar-refractivity contribution in [2.45, 2.75) is 42.7 Å². The number of ether oxygens (including phenoxy) is 1. The van der Waals surface area contributed by atoms with Gasteiger partial charge in [0.25, 0.3) is 0 Å². The molecular formula is C14H22N2O3S. The summed E-state index contributed by atoms with van der Waals surface area (Å²) in [5.74, 6) is 0. The van der Waals surface area contributed by atoms with Crippen LogP contribution in [-0.4, -0.2) is 27.7 Å². The summed E-state index contributed by atoms with van der Waals surface area (Å²) < 4.78 is 32.5. The van der Waals surface area contributed by atoms with Crippen LogP contribution in [0.25, 0.3) is 0 Å².